The molecule has 0 radical (unpaired) electrons. The van der Waals surface area contributed by atoms with E-state index in [1.165, 1.54) is 36.5 Å². The zero-order valence-corrected chi connectivity index (χ0v) is 30.5. The highest BCUT2D eigenvalue weighted by Crippen LogP contribution is 2.45. The lowest BCUT2D eigenvalue weighted by Crippen LogP contribution is -2.11. The fourth-order valence-corrected chi connectivity index (χ4v) is 9.34. The standard InChI is InChI=1S/C50H32N4S/c1-4-16-33(17-5-1)47-43-24-10-13-25-44(43)51-50(52-47)34-30-37(53(35-18-6-2-7-19-35)36-20-8-3-9-21-36)32-38(31-34)54-45-26-14-11-22-39(45)41-28-29-42-40-23-12-15-27-46(40)55-49(42)48(41)54/h1-32H. The fraction of sp³-hybridized carbons (Fsp3) is 0. The van der Waals surface area contributed by atoms with Crippen LogP contribution in [-0.2, 0) is 0 Å². The van der Waals surface area contributed by atoms with Crippen LogP contribution in [0.4, 0.5) is 17.1 Å². The first-order valence-corrected chi connectivity index (χ1v) is 19.3. The van der Waals surface area contributed by atoms with Gasteiger partial charge in [0, 0.05) is 65.5 Å². The molecule has 0 aliphatic heterocycles. The van der Waals surface area contributed by atoms with E-state index in [1.54, 1.807) is 0 Å². The Balaban J connectivity index is 1.26. The zero-order valence-electron chi connectivity index (χ0n) is 29.7. The smallest absolute Gasteiger partial charge is 0.160 e. The number of para-hydroxylation sites is 4. The van der Waals surface area contributed by atoms with Crippen LogP contribution in [0.5, 0.6) is 0 Å². The van der Waals surface area contributed by atoms with Crippen molar-refractivity contribution in [3.63, 3.8) is 0 Å². The van der Waals surface area contributed by atoms with Gasteiger partial charge in [0.2, 0.25) is 0 Å². The van der Waals surface area contributed by atoms with Crippen LogP contribution in [-0.4, -0.2) is 14.5 Å². The first kappa shape index (κ1) is 31.4. The predicted octanol–water partition coefficient (Wildman–Crippen LogP) is 13.9. The summed E-state index contributed by atoms with van der Waals surface area (Å²) in [6.45, 7) is 0. The molecule has 0 unspecified atom stereocenters. The maximum absolute atomic E-state index is 5.38. The molecule has 0 aliphatic carbocycles. The Hall–Kier alpha value is -7.08. The SMILES string of the molecule is c1ccc(-c2nc(-c3cc(N(c4ccccc4)c4ccccc4)cc(-n4c5ccccc5c5ccc6c7ccccc7sc6c54)c3)nc3ccccc23)cc1. The normalized spacial score (nSPS) is 11.6. The van der Waals surface area contributed by atoms with Crippen LogP contribution in [0.3, 0.4) is 0 Å². The molecule has 0 fully saturated rings. The maximum atomic E-state index is 5.38. The summed E-state index contributed by atoms with van der Waals surface area (Å²) in [7, 11) is 0. The molecule has 3 heterocycles. The number of fused-ring (bicyclic) bond motifs is 8. The van der Waals surface area contributed by atoms with E-state index < -0.39 is 0 Å². The molecule has 0 atom stereocenters. The van der Waals surface area contributed by atoms with E-state index in [-0.39, 0.29) is 0 Å². The molecule has 0 amide bonds. The van der Waals surface area contributed by atoms with Crippen molar-refractivity contribution in [1.82, 2.24) is 14.5 Å². The van der Waals surface area contributed by atoms with Crippen molar-refractivity contribution in [2.24, 2.45) is 0 Å². The van der Waals surface area contributed by atoms with Crippen molar-refractivity contribution < 1.29 is 0 Å². The van der Waals surface area contributed by atoms with Crippen LogP contribution in [0, 0.1) is 0 Å². The van der Waals surface area contributed by atoms with Gasteiger partial charge in [-0.2, -0.15) is 0 Å². The van der Waals surface area contributed by atoms with Gasteiger partial charge < -0.3 is 9.47 Å². The monoisotopic (exact) mass is 720 g/mol. The van der Waals surface area contributed by atoms with Gasteiger partial charge in [0.05, 0.1) is 26.9 Å². The van der Waals surface area contributed by atoms with Crippen LogP contribution < -0.4 is 4.90 Å². The van der Waals surface area contributed by atoms with E-state index in [9.17, 15) is 0 Å². The Kier molecular flexibility index (Phi) is 7.32. The number of aromatic nitrogens is 3. The summed E-state index contributed by atoms with van der Waals surface area (Å²) >= 11 is 1.87. The molecule has 5 heteroatoms. The average Bonchev–Trinajstić information content (AvgIpc) is 3.81. The molecule has 55 heavy (non-hydrogen) atoms. The highest BCUT2D eigenvalue weighted by atomic mass is 32.1. The topological polar surface area (TPSA) is 34.0 Å². The second-order valence-corrected chi connectivity index (χ2v) is 14.9. The van der Waals surface area contributed by atoms with Gasteiger partial charge in [-0.25, -0.2) is 9.97 Å². The first-order chi connectivity index (χ1) is 27.3. The van der Waals surface area contributed by atoms with Crippen molar-refractivity contribution in [2.75, 3.05) is 4.90 Å². The highest BCUT2D eigenvalue weighted by molar-refractivity contribution is 7.26. The number of anilines is 3. The largest absolute Gasteiger partial charge is 0.310 e. The van der Waals surface area contributed by atoms with Gasteiger partial charge in [-0.1, -0.05) is 133 Å². The molecule has 0 saturated carbocycles. The quantitative estimate of drug-likeness (QED) is 0.171. The van der Waals surface area contributed by atoms with E-state index in [1.807, 2.05) is 17.4 Å². The third kappa shape index (κ3) is 5.20. The minimum absolute atomic E-state index is 0.675. The van der Waals surface area contributed by atoms with Crippen molar-refractivity contribution in [2.45, 2.75) is 0 Å². The Morgan fingerprint density at radius 1 is 0.436 bits per heavy atom. The lowest BCUT2D eigenvalue weighted by molar-refractivity contribution is 1.16. The van der Waals surface area contributed by atoms with E-state index in [0.29, 0.717) is 5.82 Å². The van der Waals surface area contributed by atoms with Crippen LogP contribution >= 0.6 is 11.3 Å². The van der Waals surface area contributed by atoms with Gasteiger partial charge in [0.25, 0.3) is 0 Å². The van der Waals surface area contributed by atoms with Crippen molar-refractivity contribution in [3.05, 3.63) is 194 Å². The molecular weight excluding hydrogens is 689 g/mol. The van der Waals surface area contributed by atoms with Crippen molar-refractivity contribution in [1.29, 1.82) is 0 Å². The van der Waals surface area contributed by atoms with Gasteiger partial charge in [-0.3, -0.25) is 0 Å². The summed E-state index contributed by atoms with van der Waals surface area (Å²) in [6.07, 6.45) is 0. The van der Waals surface area contributed by atoms with Gasteiger partial charge in [-0.05, 0) is 60.7 Å². The molecule has 258 valence electrons. The number of rotatable bonds is 6. The summed E-state index contributed by atoms with van der Waals surface area (Å²) < 4.78 is 5.02. The minimum atomic E-state index is 0.675. The fourth-order valence-electron chi connectivity index (χ4n) is 8.10. The predicted molar refractivity (Wildman–Crippen MR) is 232 cm³/mol. The summed E-state index contributed by atoms with van der Waals surface area (Å²) in [4.78, 5) is 13.0. The van der Waals surface area contributed by atoms with Crippen LogP contribution in [0.15, 0.2) is 194 Å². The first-order valence-electron chi connectivity index (χ1n) is 18.5. The molecule has 3 aromatic heterocycles. The molecule has 8 aromatic carbocycles. The third-order valence-corrected chi connectivity index (χ3v) is 11.7. The Bertz CT molecular complexity index is 3160. The van der Waals surface area contributed by atoms with Gasteiger partial charge in [-0.15, -0.1) is 11.3 Å². The van der Waals surface area contributed by atoms with Crippen LogP contribution in [0.1, 0.15) is 0 Å². The van der Waals surface area contributed by atoms with Gasteiger partial charge >= 0.3 is 0 Å². The van der Waals surface area contributed by atoms with E-state index in [4.69, 9.17) is 9.97 Å². The maximum Gasteiger partial charge on any atom is 0.160 e. The van der Waals surface area contributed by atoms with Gasteiger partial charge in [0.15, 0.2) is 5.82 Å². The van der Waals surface area contributed by atoms with E-state index in [0.717, 1.165) is 56.0 Å². The Morgan fingerprint density at radius 2 is 1.05 bits per heavy atom. The molecule has 4 nitrogen and oxygen atoms in total. The second-order valence-electron chi connectivity index (χ2n) is 13.8. The molecule has 11 aromatic rings. The Morgan fingerprint density at radius 3 is 1.82 bits per heavy atom. The lowest BCUT2D eigenvalue weighted by atomic mass is 10.0. The van der Waals surface area contributed by atoms with E-state index in [2.05, 4.69) is 198 Å². The average molecular weight is 721 g/mol. The molecular formula is C50H32N4S. The molecule has 11 rings (SSSR count). The minimum Gasteiger partial charge on any atom is -0.310 e. The number of thiophene rings is 1. The zero-order chi connectivity index (χ0) is 36.3. The van der Waals surface area contributed by atoms with Crippen molar-refractivity contribution in [3.8, 4) is 28.3 Å². The third-order valence-electron chi connectivity index (χ3n) is 10.5. The molecule has 0 spiro atoms. The highest BCUT2D eigenvalue weighted by Gasteiger charge is 2.22. The summed E-state index contributed by atoms with van der Waals surface area (Å²) in [5.41, 5.74) is 10.4. The summed E-state index contributed by atoms with van der Waals surface area (Å²) in [5, 5.41) is 6.04. The van der Waals surface area contributed by atoms with Crippen LogP contribution in [0.2, 0.25) is 0 Å². The number of nitrogens with zero attached hydrogens (tertiary/aromatic N) is 4. The van der Waals surface area contributed by atoms with Crippen molar-refractivity contribution >= 4 is 81.3 Å². The van der Waals surface area contributed by atoms with E-state index >= 15 is 0 Å². The molecule has 0 aliphatic rings. The lowest BCUT2D eigenvalue weighted by Gasteiger charge is -2.27. The van der Waals surface area contributed by atoms with Gasteiger partial charge in [0.1, 0.15) is 0 Å². The number of hydrogen-bond donors (Lipinski definition) is 0. The molecule has 0 bridgehead atoms. The summed E-state index contributed by atoms with van der Waals surface area (Å²) in [6, 6.07) is 68.9. The summed E-state index contributed by atoms with van der Waals surface area (Å²) in [5.74, 6) is 0.675. The molecule has 0 saturated heterocycles. The Labute approximate surface area is 321 Å². The number of benzene rings is 8. The van der Waals surface area contributed by atoms with Crippen LogP contribution in [0.25, 0.3) is 81.2 Å². The molecule has 0 N–H and O–H groups in total. The number of hydrogen-bond acceptors (Lipinski definition) is 4. The second kappa shape index (κ2) is 12.8.